The second-order valence-corrected chi connectivity index (χ2v) is 5.88. The minimum atomic E-state index is -0.744. The van der Waals surface area contributed by atoms with E-state index in [0.29, 0.717) is 18.5 Å². The van der Waals surface area contributed by atoms with E-state index in [1.165, 1.54) is 0 Å². The van der Waals surface area contributed by atoms with Gasteiger partial charge in [-0.2, -0.15) is 0 Å². The number of amides is 1. The third kappa shape index (κ3) is 3.11. The molecule has 1 amide bonds. The summed E-state index contributed by atoms with van der Waals surface area (Å²) >= 11 is 0. The summed E-state index contributed by atoms with van der Waals surface area (Å²) in [6, 6.07) is 15.2. The monoisotopic (exact) mass is 309 g/mol. The summed E-state index contributed by atoms with van der Waals surface area (Å²) in [5.41, 5.74) is 3.65. The lowest BCUT2D eigenvalue weighted by Gasteiger charge is -2.28. The van der Waals surface area contributed by atoms with Crippen molar-refractivity contribution < 1.29 is 14.3 Å². The lowest BCUT2D eigenvalue weighted by molar-refractivity contribution is -0.140. The molecule has 0 aromatic heterocycles. The second-order valence-electron chi connectivity index (χ2n) is 5.88. The molecule has 3 rings (SSSR count). The Hall–Kier alpha value is -2.62. The van der Waals surface area contributed by atoms with Crippen LogP contribution in [0.3, 0.4) is 0 Å². The van der Waals surface area contributed by atoms with E-state index in [1.807, 2.05) is 43.3 Å². The highest BCUT2D eigenvalue weighted by Gasteiger charge is 2.32. The number of hydrogen-bond acceptors (Lipinski definition) is 3. The smallest absolute Gasteiger partial charge is 0.339 e. The highest BCUT2D eigenvalue weighted by molar-refractivity contribution is 5.95. The lowest BCUT2D eigenvalue weighted by Crippen LogP contribution is -2.42. The molecule has 2 aromatic carbocycles. The first kappa shape index (κ1) is 15.3. The molecular weight excluding hydrogens is 290 g/mol. The van der Waals surface area contributed by atoms with Crippen molar-refractivity contribution in [3.05, 3.63) is 70.8 Å². The van der Waals surface area contributed by atoms with Crippen molar-refractivity contribution in [1.29, 1.82) is 0 Å². The molecule has 1 heterocycles. The summed E-state index contributed by atoms with van der Waals surface area (Å²) in [6.45, 7) is 2.52. The molecule has 1 aliphatic rings. The maximum absolute atomic E-state index is 12.6. The van der Waals surface area contributed by atoms with Crippen LogP contribution >= 0.6 is 0 Å². The highest BCUT2D eigenvalue weighted by atomic mass is 16.5. The van der Waals surface area contributed by atoms with Crippen molar-refractivity contribution in [3.63, 3.8) is 0 Å². The summed E-state index contributed by atoms with van der Waals surface area (Å²) in [4.78, 5) is 26.3. The normalized spacial score (nSPS) is 16.4. The summed E-state index contributed by atoms with van der Waals surface area (Å²) in [5, 5.41) is 0. The third-order valence-corrected chi connectivity index (χ3v) is 4.21. The van der Waals surface area contributed by atoms with Gasteiger partial charge in [-0.25, -0.2) is 4.79 Å². The van der Waals surface area contributed by atoms with Gasteiger partial charge >= 0.3 is 5.97 Å². The van der Waals surface area contributed by atoms with E-state index in [4.69, 9.17) is 4.74 Å². The summed E-state index contributed by atoms with van der Waals surface area (Å²) in [7, 11) is 1.74. The van der Waals surface area contributed by atoms with E-state index in [-0.39, 0.29) is 5.91 Å². The van der Waals surface area contributed by atoms with Crippen LogP contribution in [0.15, 0.2) is 48.5 Å². The van der Waals surface area contributed by atoms with E-state index >= 15 is 0 Å². The molecule has 4 heteroatoms. The number of cyclic esters (lactones) is 1. The second kappa shape index (κ2) is 6.24. The van der Waals surface area contributed by atoms with Gasteiger partial charge in [0.2, 0.25) is 0 Å². The van der Waals surface area contributed by atoms with Crippen LogP contribution in [0, 0.1) is 6.92 Å². The highest BCUT2D eigenvalue weighted by Crippen LogP contribution is 2.22. The number of rotatable bonds is 3. The Labute approximate surface area is 135 Å². The predicted octanol–water partition coefficient (Wildman–Crippen LogP) is 2.74. The molecule has 0 saturated heterocycles. The maximum atomic E-state index is 12.6. The molecule has 0 N–H and O–H groups in total. The molecular formula is C19H19NO3. The number of esters is 1. The minimum Gasteiger partial charge on any atom is -0.448 e. The standard InChI is InChI=1S/C19H19NO3/c1-13-7-3-4-9-15(13)12-20(2)18(21)17-11-14-8-5-6-10-16(14)19(22)23-17/h3-10,17H,11-12H2,1-2H3. The topological polar surface area (TPSA) is 46.6 Å². The molecule has 0 spiro atoms. The molecule has 1 unspecified atom stereocenters. The van der Waals surface area contributed by atoms with Gasteiger partial charge in [0, 0.05) is 20.0 Å². The summed E-state index contributed by atoms with van der Waals surface area (Å²) in [6.07, 6.45) is -0.315. The Morgan fingerprint density at radius 3 is 2.65 bits per heavy atom. The lowest BCUT2D eigenvalue weighted by atomic mass is 9.98. The predicted molar refractivity (Wildman–Crippen MR) is 87.0 cm³/mol. The first-order valence-electron chi connectivity index (χ1n) is 7.64. The average Bonchev–Trinajstić information content (AvgIpc) is 2.56. The first-order valence-corrected chi connectivity index (χ1v) is 7.64. The fourth-order valence-corrected chi connectivity index (χ4v) is 2.84. The van der Waals surface area contributed by atoms with Gasteiger partial charge in [-0.05, 0) is 29.7 Å². The van der Waals surface area contributed by atoms with Crippen molar-refractivity contribution in [3.8, 4) is 0 Å². The Morgan fingerprint density at radius 2 is 1.87 bits per heavy atom. The third-order valence-electron chi connectivity index (χ3n) is 4.21. The molecule has 2 aromatic rings. The quantitative estimate of drug-likeness (QED) is 0.819. The number of carbonyl (C=O) groups is 2. The SMILES string of the molecule is Cc1ccccc1CN(C)C(=O)C1Cc2ccccc2C(=O)O1. The number of aryl methyl sites for hydroxylation is 1. The number of ether oxygens (including phenoxy) is 1. The Kier molecular flexibility index (Phi) is 4.15. The van der Waals surface area contributed by atoms with Crippen LogP contribution in [0.1, 0.15) is 27.0 Å². The van der Waals surface area contributed by atoms with Crippen LogP contribution in [0.25, 0.3) is 0 Å². The van der Waals surface area contributed by atoms with Gasteiger partial charge in [0.1, 0.15) is 0 Å². The van der Waals surface area contributed by atoms with Crippen molar-refractivity contribution in [1.82, 2.24) is 4.90 Å². The van der Waals surface area contributed by atoms with Crippen LogP contribution in [0.4, 0.5) is 0 Å². The largest absolute Gasteiger partial charge is 0.448 e. The van der Waals surface area contributed by atoms with E-state index in [2.05, 4.69) is 0 Å². The number of fused-ring (bicyclic) bond motifs is 1. The van der Waals surface area contributed by atoms with E-state index < -0.39 is 12.1 Å². The molecule has 0 saturated carbocycles. The zero-order valence-corrected chi connectivity index (χ0v) is 13.3. The Balaban J connectivity index is 1.74. The molecule has 118 valence electrons. The minimum absolute atomic E-state index is 0.170. The fraction of sp³-hybridized carbons (Fsp3) is 0.263. The summed E-state index contributed by atoms with van der Waals surface area (Å²) in [5.74, 6) is -0.592. The van der Waals surface area contributed by atoms with E-state index in [0.717, 1.165) is 16.7 Å². The van der Waals surface area contributed by atoms with Crippen LogP contribution in [0.5, 0.6) is 0 Å². The molecule has 0 bridgehead atoms. The van der Waals surface area contributed by atoms with E-state index in [9.17, 15) is 9.59 Å². The van der Waals surface area contributed by atoms with Crippen LogP contribution in [0.2, 0.25) is 0 Å². The van der Waals surface area contributed by atoms with Gasteiger partial charge < -0.3 is 9.64 Å². The van der Waals surface area contributed by atoms with Crippen molar-refractivity contribution >= 4 is 11.9 Å². The van der Waals surface area contributed by atoms with Crippen molar-refractivity contribution in [2.45, 2.75) is 26.0 Å². The van der Waals surface area contributed by atoms with Crippen LogP contribution in [-0.2, 0) is 22.5 Å². The molecule has 23 heavy (non-hydrogen) atoms. The molecule has 0 fully saturated rings. The van der Waals surface area contributed by atoms with Crippen LogP contribution in [-0.4, -0.2) is 29.9 Å². The van der Waals surface area contributed by atoms with Gasteiger partial charge in [-0.3, -0.25) is 4.79 Å². The number of likely N-dealkylation sites (N-methyl/N-ethyl adjacent to an activating group) is 1. The van der Waals surface area contributed by atoms with E-state index in [1.54, 1.807) is 24.1 Å². The number of hydrogen-bond donors (Lipinski definition) is 0. The molecule has 1 aliphatic heterocycles. The number of carbonyl (C=O) groups excluding carboxylic acids is 2. The van der Waals surface area contributed by atoms with Gasteiger partial charge in [0.15, 0.2) is 6.10 Å². The van der Waals surface area contributed by atoms with Crippen LogP contribution < -0.4 is 0 Å². The Bertz CT molecular complexity index is 754. The molecule has 0 aliphatic carbocycles. The van der Waals surface area contributed by atoms with Crippen molar-refractivity contribution in [2.75, 3.05) is 7.05 Å². The average molecular weight is 309 g/mol. The Morgan fingerprint density at radius 1 is 1.17 bits per heavy atom. The maximum Gasteiger partial charge on any atom is 0.339 e. The summed E-state index contributed by atoms with van der Waals surface area (Å²) < 4.78 is 5.33. The fourth-order valence-electron chi connectivity index (χ4n) is 2.84. The van der Waals surface area contributed by atoms with Gasteiger partial charge in [0.25, 0.3) is 5.91 Å². The number of benzene rings is 2. The van der Waals surface area contributed by atoms with Gasteiger partial charge in [-0.1, -0.05) is 42.5 Å². The molecule has 1 atom stereocenters. The zero-order valence-electron chi connectivity index (χ0n) is 13.3. The van der Waals surface area contributed by atoms with Gasteiger partial charge in [-0.15, -0.1) is 0 Å². The van der Waals surface area contributed by atoms with Crippen molar-refractivity contribution in [2.24, 2.45) is 0 Å². The molecule has 0 radical (unpaired) electrons. The zero-order chi connectivity index (χ0) is 16.4. The molecule has 4 nitrogen and oxygen atoms in total. The van der Waals surface area contributed by atoms with Gasteiger partial charge in [0.05, 0.1) is 5.56 Å². The first-order chi connectivity index (χ1) is 11.1. The number of nitrogens with zero attached hydrogens (tertiary/aromatic N) is 1.